The molecular formula is C21H23F3N6O. The van der Waals surface area contributed by atoms with E-state index in [1.807, 2.05) is 26.0 Å². The molecule has 0 radical (unpaired) electrons. The first-order valence-corrected chi connectivity index (χ1v) is 10.0. The van der Waals surface area contributed by atoms with Gasteiger partial charge in [-0.25, -0.2) is 15.0 Å². The molecule has 0 spiro atoms. The fourth-order valence-corrected chi connectivity index (χ4v) is 3.46. The van der Waals surface area contributed by atoms with Gasteiger partial charge in [0.2, 0.25) is 11.9 Å². The van der Waals surface area contributed by atoms with E-state index in [1.165, 1.54) is 0 Å². The number of rotatable bonds is 5. The van der Waals surface area contributed by atoms with E-state index in [4.69, 9.17) is 5.26 Å². The van der Waals surface area contributed by atoms with Crippen LogP contribution in [0.4, 0.5) is 24.9 Å². The molecule has 0 aliphatic carbocycles. The van der Waals surface area contributed by atoms with Gasteiger partial charge in [-0.1, -0.05) is 13.8 Å². The minimum atomic E-state index is -4.48. The van der Waals surface area contributed by atoms with Gasteiger partial charge in [-0.3, -0.25) is 4.79 Å². The molecule has 164 valence electrons. The summed E-state index contributed by atoms with van der Waals surface area (Å²) in [5, 5.41) is 11.6. The number of pyridine rings is 1. The van der Waals surface area contributed by atoms with Crippen molar-refractivity contribution < 1.29 is 18.0 Å². The quantitative estimate of drug-likeness (QED) is 0.754. The molecule has 2 aromatic heterocycles. The standard InChI is InChI=1S/C21H23F3N6O/c1-13(2)16-11-17(14-4-3-9-30(12-14)19(31)5-7-25)28-20(27-16)29-18-10-15(6-8-26-18)21(22,23)24/h6,8,10-11,13-14H,3-5,9,12H2,1-2H3,(H,26,27,28,29). The van der Waals surface area contributed by atoms with Gasteiger partial charge in [-0.05, 0) is 37.0 Å². The van der Waals surface area contributed by atoms with E-state index in [2.05, 4.69) is 20.3 Å². The van der Waals surface area contributed by atoms with Gasteiger partial charge in [0.25, 0.3) is 0 Å². The molecule has 1 N–H and O–H groups in total. The van der Waals surface area contributed by atoms with Crippen LogP contribution < -0.4 is 5.32 Å². The number of anilines is 2. The second-order valence-electron chi connectivity index (χ2n) is 7.76. The fraction of sp³-hybridized carbons (Fsp3) is 0.476. The lowest BCUT2D eigenvalue weighted by molar-refractivity contribution is -0.137. The molecule has 1 atom stereocenters. The van der Waals surface area contributed by atoms with Crippen molar-refractivity contribution in [2.75, 3.05) is 18.4 Å². The Kier molecular flexibility index (Phi) is 6.73. The molecule has 7 nitrogen and oxygen atoms in total. The molecule has 0 saturated carbocycles. The highest BCUT2D eigenvalue weighted by atomic mass is 19.4. The summed E-state index contributed by atoms with van der Waals surface area (Å²) in [6.07, 6.45) is -1.97. The highest BCUT2D eigenvalue weighted by Crippen LogP contribution is 2.31. The molecule has 2 aromatic rings. The number of aromatic nitrogens is 3. The molecule has 3 rings (SSSR count). The van der Waals surface area contributed by atoms with Crippen LogP contribution in [0.15, 0.2) is 24.4 Å². The van der Waals surface area contributed by atoms with Crippen molar-refractivity contribution in [3.63, 3.8) is 0 Å². The van der Waals surface area contributed by atoms with Crippen LogP contribution in [0.1, 0.15) is 61.9 Å². The molecule has 1 amide bonds. The number of nitrogens with zero attached hydrogens (tertiary/aromatic N) is 5. The van der Waals surface area contributed by atoms with Crippen molar-refractivity contribution in [3.8, 4) is 6.07 Å². The normalized spacial score (nSPS) is 16.8. The van der Waals surface area contributed by atoms with Gasteiger partial charge >= 0.3 is 6.18 Å². The molecule has 31 heavy (non-hydrogen) atoms. The first-order valence-electron chi connectivity index (χ1n) is 10.0. The third-order valence-electron chi connectivity index (χ3n) is 5.11. The Labute approximate surface area is 178 Å². The predicted octanol–water partition coefficient (Wildman–Crippen LogP) is 4.38. The van der Waals surface area contributed by atoms with E-state index >= 15 is 0 Å². The second kappa shape index (κ2) is 9.29. The average molecular weight is 432 g/mol. The Morgan fingerprint density at radius 3 is 2.81 bits per heavy atom. The molecule has 0 aromatic carbocycles. The van der Waals surface area contributed by atoms with Crippen LogP contribution in [0.5, 0.6) is 0 Å². The van der Waals surface area contributed by atoms with Crippen molar-refractivity contribution in [1.82, 2.24) is 19.9 Å². The zero-order valence-corrected chi connectivity index (χ0v) is 17.3. The van der Waals surface area contributed by atoms with Gasteiger partial charge in [0.05, 0.1) is 17.3 Å². The summed E-state index contributed by atoms with van der Waals surface area (Å²) in [5.74, 6) is -0.0369. The van der Waals surface area contributed by atoms with Crippen molar-refractivity contribution in [3.05, 3.63) is 41.3 Å². The van der Waals surface area contributed by atoms with Gasteiger partial charge in [0.15, 0.2) is 0 Å². The van der Waals surface area contributed by atoms with Gasteiger partial charge < -0.3 is 10.2 Å². The van der Waals surface area contributed by atoms with E-state index in [0.717, 1.165) is 36.9 Å². The number of hydrogen-bond acceptors (Lipinski definition) is 6. The number of carbonyl (C=O) groups excluding carboxylic acids is 1. The second-order valence-corrected chi connectivity index (χ2v) is 7.76. The molecule has 3 heterocycles. The number of carbonyl (C=O) groups is 1. The number of nitriles is 1. The first kappa shape index (κ1) is 22.5. The smallest absolute Gasteiger partial charge is 0.341 e. The number of piperidine rings is 1. The number of hydrogen-bond donors (Lipinski definition) is 1. The van der Waals surface area contributed by atoms with Gasteiger partial charge in [0, 0.05) is 30.9 Å². The molecule has 1 fully saturated rings. The van der Waals surface area contributed by atoms with Crippen LogP contribution in [0.2, 0.25) is 0 Å². The van der Waals surface area contributed by atoms with Crippen LogP contribution in [0.3, 0.4) is 0 Å². The van der Waals surface area contributed by atoms with E-state index < -0.39 is 11.7 Å². The first-order chi connectivity index (χ1) is 14.7. The zero-order chi connectivity index (χ0) is 22.6. The van der Waals surface area contributed by atoms with E-state index in [9.17, 15) is 18.0 Å². The molecule has 10 heteroatoms. The summed E-state index contributed by atoms with van der Waals surface area (Å²) in [4.78, 5) is 26.7. The SMILES string of the molecule is CC(C)c1cc(C2CCCN(C(=O)CC#N)C2)nc(Nc2cc(C(F)(F)F)ccn2)n1. The van der Waals surface area contributed by atoms with Crippen LogP contribution in [-0.4, -0.2) is 38.8 Å². The zero-order valence-electron chi connectivity index (χ0n) is 17.3. The molecule has 1 unspecified atom stereocenters. The monoisotopic (exact) mass is 432 g/mol. The topological polar surface area (TPSA) is 94.8 Å². The summed E-state index contributed by atoms with van der Waals surface area (Å²) in [7, 11) is 0. The molecule has 0 bridgehead atoms. The van der Waals surface area contributed by atoms with Crippen molar-refractivity contribution in [2.45, 2.75) is 51.1 Å². The molecule has 1 saturated heterocycles. The Morgan fingerprint density at radius 1 is 1.35 bits per heavy atom. The number of likely N-dealkylation sites (tertiary alicyclic amines) is 1. The lowest BCUT2D eigenvalue weighted by Crippen LogP contribution is -2.39. The Hall–Kier alpha value is -3.22. The minimum Gasteiger partial charge on any atom is -0.341 e. The Balaban J connectivity index is 1.88. The highest BCUT2D eigenvalue weighted by molar-refractivity contribution is 5.78. The lowest BCUT2D eigenvalue weighted by Gasteiger charge is -2.32. The number of nitrogens with one attached hydrogen (secondary N) is 1. The maximum Gasteiger partial charge on any atom is 0.416 e. The van der Waals surface area contributed by atoms with Crippen molar-refractivity contribution in [1.29, 1.82) is 5.26 Å². The number of halogens is 3. The Morgan fingerprint density at radius 2 is 2.13 bits per heavy atom. The maximum absolute atomic E-state index is 13.0. The van der Waals surface area contributed by atoms with Crippen molar-refractivity contribution in [2.24, 2.45) is 0 Å². The third kappa shape index (κ3) is 5.69. The summed E-state index contributed by atoms with van der Waals surface area (Å²) >= 11 is 0. The highest BCUT2D eigenvalue weighted by Gasteiger charge is 2.31. The largest absolute Gasteiger partial charge is 0.416 e. The van der Waals surface area contributed by atoms with E-state index in [1.54, 1.807) is 4.90 Å². The summed E-state index contributed by atoms with van der Waals surface area (Å²) < 4.78 is 39.0. The third-order valence-corrected chi connectivity index (χ3v) is 5.11. The van der Waals surface area contributed by atoms with Crippen molar-refractivity contribution >= 4 is 17.7 Å². The molecule has 1 aliphatic heterocycles. The van der Waals surface area contributed by atoms with E-state index in [0.29, 0.717) is 18.8 Å². The van der Waals surface area contributed by atoms with Crippen LogP contribution in [-0.2, 0) is 11.0 Å². The molecule has 1 aliphatic rings. The van der Waals surface area contributed by atoms with Gasteiger partial charge in [-0.2, -0.15) is 18.4 Å². The van der Waals surface area contributed by atoms with Gasteiger partial charge in [0.1, 0.15) is 12.2 Å². The summed E-state index contributed by atoms with van der Waals surface area (Å²) in [5.41, 5.74) is 0.631. The van der Waals surface area contributed by atoms with Crippen LogP contribution in [0, 0.1) is 11.3 Å². The number of amides is 1. The average Bonchev–Trinajstić information content (AvgIpc) is 2.73. The summed E-state index contributed by atoms with van der Waals surface area (Å²) in [6.45, 7) is 4.96. The predicted molar refractivity (Wildman–Crippen MR) is 107 cm³/mol. The van der Waals surface area contributed by atoms with Gasteiger partial charge in [-0.15, -0.1) is 0 Å². The van der Waals surface area contributed by atoms with Crippen LogP contribution in [0.25, 0.3) is 0 Å². The minimum absolute atomic E-state index is 0.00357. The summed E-state index contributed by atoms with van der Waals surface area (Å²) in [6, 6.07) is 5.56. The maximum atomic E-state index is 13.0. The van der Waals surface area contributed by atoms with E-state index in [-0.39, 0.29) is 35.9 Å². The lowest BCUT2D eigenvalue weighted by atomic mass is 9.93. The van der Waals surface area contributed by atoms with Crippen LogP contribution >= 0.6 is 0 Å². The molecular weight excluding hydrogens is 409 g/mol. The fourth-order valence-electron chi connectivity index (χ4n) is 3.46. The Bertz CT molecular complexity index is 986. The number of alkyl halides is 3.